The maximum Gasteiger partial charge on any atom is 0.296 e. The number of carbonyl (C=O) groups is 2. The first-order valence-electron chi connectivity index (χ1n) is 26.7. The molecular formula is C65H68N4O7S. The molecule has 0 spiro atoms. The van der Waals surface area contributed by atoms with Gasteiger partial charge in [-0.3, -0.25) is 18.7 Å². The van der Waals surface area contributed by atoms with Crippen LogP contribution >= 0.6 is 0 Å². The van der Waals surface area contributed by atoms with Crippen molar-refractivity contribution in [3.63, 3.8) is 0 Å². The first kappa shape index (κ1) is 54.2. The van der Waals surface area contributed by atoms with E-state index in [0.29, 0.717) is 25.0 Å². The van der Waals surface area contributed by atoms with Crippen molar-refractivity contribution in [3.8, 4) is 0 Å². The maximum absolute atomic E-state index is 13.2. The number of fused-ring (bicyclic) bond motifs is 2. The van der Waals surface area contributed by atoms with E-state index in [-0.39, 0.29) is 35.2 Å². The predicted octanol–water partition coefficient (Wildman–Crippen LogP) is 11.7. The minimum absolute atomic E-state index is 0.0516. The van der Waals surface area contributed by atoms with E-state index in [0.717, 1.165) is 98.6 Å². The lowest BCUT2D eigenvalue weighted by Gasteiger charge is -2.35. The van der Waals surface area contributed by atoms with E-state index < -0.39 is 10.1 Å². The molecule has 4 heterocycles. The summed E-state index contributed by atoms with van der Waals surface area (Å²) < 4.78 is 40.8. The number of benzene rings is 7. The minimum Gasteiger partial charge on any atom is -0.461 e. The number of hydrogen-bond donors (Lipinski definition) is 1. The lowest BCUT2D eigenvalue weighted by Crippen LogP contribution is -2.49. The van der Waals surface area contributed by atoms with Crippen LogP contribution in [0, 0.1) is 6.92 Å². The van der Waals surface area contributed by atoms with Gasteiger partial charge in [0.25, 0.3) is 10.1 Å². The Hall–Kier alpha value is -7.61. The van der Waals surface area contributed by atoms with Gasteiger partial charge >= 0.3 is 0 Å². The van der Waals surface area contributed by atoms with Crippen LogP contribution in [0.4, 0.5) is 0 Å². The van der Waals surface area contributed by atoms with Crippen LogP contribution in [0.25, 0.3) is 21.9 Å². The smallest absolute Gasteiger partial charge is 0.296 e. The first-order valence-corrected chi connectivity index (χ1v) is 28.2. The number of nitrogens with one attached hydrogen (secondary N) is 1. The summed E-state index contributed by atoms with van der Waals surface area (Å²) in [5.74, 6) is 2.45. The third-order valence-electron chi connectivity index (χ3n) is 14.3. The van der Waals surface area contributed by atoms with Gasteiger partial charge in [0.15, 0.2) is 0 Å². The van der Waals surface area contributed by atoms with Crippen LogP contribution in [0.2, 0.25) is 0 Å². The monoisotopic (exact) mass is 1050 g/mol. The van der Waals surface area contributed by atoms with Crippen LogP contribution in [-0.2, 0) is 36.7 Å². The molecule has 2 aromatic heterocycles. The number of rotatable bonds is 16. The summed E-state index contributed by atoms with van der Waals surface area (Å²) in [4.78, 5) is 32.5. The molecule has 7 aromatic carbocycles. The number of piperazine rings is 2. The first-order chi connectivity index (χ1) is 37.6. The van der Waals surface area contributed by atoms with Gasteiger partial charge < -0.3 is 24.0 Å². The van der Waals surface area contributed by atoms with Crippen LogP contribution in [0.1, 0.15) is 64.0 Å². The average molecular weight is 1050 g/mol. The summed E-state index contributed by atoms with van der Waals surface area (Å²) in [6, 6.07) is 67.9. The van der Waals surface area contributed by atoms with Gasteiger partial charge in [0, 0.05) is 107 Å². The molecule has 0 aliphatic carbocycles. The highest BCUT2D eigenvalue weighted by Crippen LogP contribution is 2.31. The van der Waals surface area contributed by atoms with Crippen molar-refractivity contribution in [1.29, 1.82) is 0 Å². The molecular weight excluding hydrogens is 981 g/mol. The topological polar surface area (TPSA) is 126 Å². The zero-order valence-corrected chi connectivity index (χ0v) is 44.6. The number of hydrogen-bond acceptors (Lipinski definition) is 9. The minimum atomic E-state index is -3.72. The summed E-state index contributed by atoms with van der Waals surface area (Å²) in [6.45, 7) is 9.73. The van der Waals surface area contributed by atoms with Crippen LogP contribution in [0.3, 0.4) is 0 Å². The third kappa shape index (κ3) is 15.3. The molecule has 2 aliphatic rings. The molecule has 2 amide bonds. The van der Waals surface area contributed by atoms with Crippen molar-refractivity contribution >= 4 is 43.9 Å². The Morgan fingerprint density at radius 3 is 1.35 bits per heavy atom. The molecule has 2 aliphatic heterocycles. The highest BCUT2D eigenvalue weighted by molar-refractivity contribution is 7.86. The molecule has 9 aromatic rings. The van der Waals surface area contributed by atoms with Crippen molar-refractivity contribution in [2.24, 2.45) is 0 Å². The average Bonchev–Trinajstić information content (AvgIpc) is 4.11. The van der Waals surface area contributed by atoms with Crippen LogP contribution in [-0.4, -0.2) is 100 Å². The second-order valence-corrected chi connectivity index (χ2v) is 21.2. The molecule has 1 N–H and O–H groups in total. The summed E-state index contributed by atoms with van der Waals surface area (Å²) in [5.41, 5.74) is 7.55. The molecule has 0 radical (unpaired) electrons. The van der Waals surface area contributed by atoms with Gasteiger partial charge in [-0.1, -0.05) is 175 Å². The van der Waals surface area contributed by atoms with Gasteiger partial charge in [-0.05, 0) is 65.6 Å². The SMILES string of the molecule is Cc1ccc(S(=O)(=O)OCCc2cc3ccccc3o2)cc1.O=C(CC(c1ccccc1)c1ccccc1)N1CCN(CCc2cc3ccccc3o2)CC1.O=C(CC(c1ccccc1)c1ccccc1)N1CCNCC1. The van der Waals surface area contributed by atoms with E-state index in [4.69, 9.17) is 13.0 Å². The highest BCUT2D eigenvalue weighted by Gasteiger charge is 2.26. The Labute approximate surface area is 453 Å². The van der Waals surface area contributed by atoms with Crippen molar-refractivity contribution in [2.75, 3.05) is 65.5 Å². The molecule has 11 nitrogen and oxygen atoms in total. The van der Waals surface area contributed by atoms with Gasteiger partial charge in [0.2, 0.25) is 11.8 Å². The second kappa shape index (κ2) is 26.9. The Morgan fingerprint density at radius 2 is 0.909 bits per heavy atom. The number of amides is 2. The van der Waals surface area contributed by atoms with Crippen molar-refractivity contribution in [3.05, 3.63) is 246 Å². The normalized spacial score (nSPS) is 14.0. The van der Waals surface area contributed by atoms with E-state index in [1.54, 1.807) is 24.3 Å². The van der Waals surface area contributed by atoms with E-state index in [2.05, 4.69) is 95.1 Å². The quantitative estimate of drug-likeness (QED) is 0.0942. The largest absolute Gasteiger partial charge is 0.461 e. The van der Waals surface area contributed by atoms with Crippen molar-refractivity contribution in [2.45, 2.75) is 49.3 Å². The highest BCUT2D eigenvalue weighted by atomic mass is 32.2. The van der Waals surface area contributed by atoms with Gasteiger partial charge in [-0.15, -0.1) is 0 Å². The number of para-hydroxylation sites is 2. The van der Waals surface area contributed by atoms with E-state index >= 15 is 0 Å². The Bertz CT molecular complexity index is 3210. The third-order valence-corrected chi connectivity index (χ3v) is 15.6. The molecule has 0 unspecified atom stereocenters. The number of aryl methyl sites for hydroxylation is 1. The summed E-state index contributed by atoms with van der Waals surface area (Å²) in [5, 5.41) is 5.45. The standard InChI is InChI=1S/C29H30N2O2.C19H22N2O.C17H16O4S/c32-29(22-27(23-9-3-1-4-10-23)24-11-5-2-6-12-24)31-19-17-30(18-20-31)16-15-26-21-25-13-7-8-14-28(25)33-26;22-19(21-13-11-20-12-14-21)15-18(16-7-3-1-4-8-16)17-9-5-2-6-10-17;1-13-6-8-16(9-7-13)22(18,19)20-11-10-15-12-14-4-2-3-5-17(14)21-15/h1-14,21,27H,15-20,22H2;1-10,18,20H,11-15H2;2-9,12H,10-11H2,1H3. The van der Waals surface area contributed by atoms with Crippen LogP contribution in [0.5, 0.6) is 0 Å². The molecule has 77 heavy (non-hydrogen) atoms. The summed E-state index contributed by atoms with van der Waals surface area (Å²) in [6.07, 6.45) is 2.34. The molecule has 2 fully saturated rings. The Balaban J connectivity index is 0.000000146. The van der Waals surface area contributed by atoms with Crippen molar-refractivity contribution in [1.82, 2.24) is 20.0 Å². The van der Waals surface area contributed by atoms with Crippen LogP contribution < -0.4 is 5.32 Å². The molecule has 396 valence electrons. The van der Waals surface area contributed by atoms with Gasteiger partial charge in [0.05, 0.1) is 11.5 Å². The fraction of sp³-hybridized carbons (Fsp3) is 0.262. The molecule has 0 atom stereocenters. The Morgan fingerprint density at radius 1 is 0.506 bits per heavy atom. The summed E-state index contributed by atoms with van der Waals surface area (Å²) >= 11 is 0. The molecule has 0 saturated carbocycles. The lowest BCUT2D eigenvalue weighted by molar-refractivity contribution is -0.133. The number of furan rings is 2. The van der Waals surface area contributed by atoms with E-state index in [9.17, 15) is 18.0 Å². The zero-order valence-electron chi connectivity index (χ0n) is 43.8. The fourth-order valence-electron chi connectivity index (χ4n) is 9.95. The van der Waals surface area contributed by atoms with Gasteiger partial charge in [0.1, 0.15) is 22.7 Å². The van der Waals surface area contributed by atoms with Crippen LogP contribution in [0.15, 0.2) is 220 Å². The van der Waals surface area contributed by atoms with Crippen molar-refractivity contribution < 1.29 is 31.0 Å². The van der Waals surface area contributed by atoms with E-state index in [1.807, 2.05) is 114 Å². The number of carbonyl (C=O) groups excluding carboxylic acids is 2. The molecule has 11 rings (SSSR count). The molecule has 12 heteroatoms. The van der Waals surface area contributed by atoms with E-state index in [1.165, 1.54) is 22.3 Å². The summed E-state index contributed by atoms with van der Waals surface area (Å²) in [7, 11) is -3.72. The zero-order chi connectivity index (χ0) is 53.2. The molecule has 0 bridgehead atoms. The van der Waals surface area contributed by atoms with Gasteiger partial charge in [-0.2, -0.15) is 8.42 Å². The Kier molecular flexibility index (Phi) is 19.0. The lowest BCUT2D eigenvalue weighted by atomic mass is 9.88. The predicted molar refractivity (Wildman–Crippen MR) is 305 cm³/mol. The van der Waals surface area contributed by atoms with Gasteiger partial charge in [-0.25, -0.2) is 0 Å². The maximum atomic E-state index is 13.2. The second-order valence-electron chi connectivity index (χ2n) is 19.6. The number of nitrogens with zero attached hydrogens (tertiary/aromatic N) is 3. The fourth-order valence-corrected chi connectivity index (χ4v) is 10.9. The molecule has 2 saturated heterocycles.